The summed E-state index contributed by atoms with van der Waals surface area (Å²) in [5.74, 6) is -1.67. The number of hydrogen-bond acceptors (Lipinski definition) is 2. The number of benzene rings is 4. The minimum absolute atomic E-state index is 0. The Kier molecular flexibility index (Phi) is 16.5. The van der Waals surface area contributed by atoms with Crippen LogP contribution in [0.1, 0.15) is 36.1 Å². The van der Waals surface area contributed by atoms with Crippen LogP contribution in [0.15, 0.2) is 84.9 Å². The SMILES string of the molecule is CC(=O)O.CC(=O)O.[CH3-].[CH3-].[SiH2]=[Ti].[c-]1cccc2c1Cc1ccccc1-2.[c-]1cccc2c1Cc1ccccc1-2. The fourth-order valence-electron chi connectivity index (χ4n) is 4.00. The molecule has 4 aromatic carbocycles. The van der Waals surface area contributed by atoms with Crippen LogP contribution >= 0.6 is 0 Å². The summed E-state index contributed by atoms with van der Waals surface area (Å²) < 4.78 is 0. The molecule has 0 spiro atoms. The van der Waals surface area contributed by atoms with Gasteiger partial charge in [-0.05, 0) is 12.8 Å². The molecule has 0 amide bonds. The smallest absolute Gasteiger partial charge is 0.0253 e. The van der Waals surface area contributed by atoms with Crippen LogP contribution in [0.4, 0.5) is 0 Å². The Labute approximate surface area is 240 Å². The fraction of sp³-hybridized carbons (Fsp3) is 0.125. The quantitative estimate of drug-likeness (QED) is 0.170. The zero-order valence-electron chi connectivity index (χ0n) is 22.4. The van der Waals surface area contributed by atoms with E-state index in [-0.39, 0.29) is 14.9 Å². The van der Waals surface area contributed by atoms with Crippen molar-refractivity contribution in [1.29, 1.82) is 0 Å². The predicted molar refractivity (Wildman–Crippen MR) is 155 cm³/mol. The summed E-state index contributed by atoms with van der Waals surface area (Å²) >= 11 is 2.03. The molecule has 0 aliphatic heterocycles. The summed E-state index contributed by atoms with van der Waals surface area (Å²) in [4.78, 5) is 18.0. The summed E-state index contributed by atoms with van der Waals surface area (Å²) in [5, 5.41) is 14.8. The Balaban J connectivity index is 0.000000520. The molecule has 2 aliphatic carbocycles. The van der Waals surface area contributed by atoms with E-state index in [1.807, 2.05) is 38.9 Å². The normalized spacial score (nSPS) is 9.82. The molecular formula is C32H34O4SiTi-4. The van der Waals surface area contributed by atoms with Crippen LogP contribution in [0.25, 0.3) is 22.3 Å². The molecule has 0 saturated heterocycles. The van der Waals surface area contributed by atoms with E-state index in [0.29, 0.717) is 0 Å². The van der Waals surface area contributed by atoms with Gasteiger partial charge in [0.1, 0.15) is 0 Å². The van der Waals surface area contributed by atoms with E-state index in [0.717, 1.165) is 26.7 Å². The number of carbonyl (C=O) groups is 2. The third-order valence-electron chi connectivity index (χ3n) is 5.23. The van der Waals surface area contributed by atoms with Crippen LogP contribution in [0.3, 0.4) is 0 Å². The number of fused-ring (bicyclic) bond motifs is 6. The summed E-state index contributed by atoms with van der Waals surface area (Å²) in [6.07, 6.45) is 2.10. The molecule has 2 N–H and O–H groups in total. The van der Waals surface area contributed by atoms with Crippen molar-refractivity contribution in [2.75, 3.05) is 0 Å². The number of carboxylic acids is 2. The maximum absolute atomic E-state index is 9.00. The second-order valence-electron chi connectivity index (χ2n) is 7.83. The molecule has 6 rings (SSSR count). The number of carboxylic acid groups (broad SMARTS) is 2. The van der Waals surface area contributed by atoms with Crippen molar-refractivity contribution in [2.24, 2.45) is 0 Å². The van der Waals surface area contributed by atoms with Crippen molar-refractivity contribution in [3.05, 3.63) is 134 Å². The minimum atomic E-state index is -0.833. The van der Waals surface area contributed by atoms with Crippen molar-refractivity contribution in [1.82, 2.24) is 0 Å². The molecule has 0 aromatic heterocycles. The van der Waals surface area contributed by atoms with E-state index < -0.39 is 11.9 Å². The predicted octanol–water partition coefficient (Wildman–Crippen LogP) is 6.28. The average Bonchev–Trinajstić information content (AvgIpc) is 3.43. The van der Waals surface area contributed by atoms with Crippen molar-refractivity contribution >= 4 is 19.6 Å². The van der Waals surface area contributed by atoms with Gasteiger partial charge in [-0.2, -0.15) is 59.7 Å². The first-order valence-electron chi connectivity index (χ1n) is 11.3. The Bertz CT molecular complexity index is 1120. The van der Waals surface area contributed by atoms with Gasteiger partial charge in [-0.15, -0.1) is 11.1 Å². The molecule has 4 aromatic rings. The molecule has 6 heteroatoms. The van der Waals surface area contributed by atoms with Crippen molar-refractivity contribution in [2.45, 2.75) is 26.7 Å². The van der Waals surface area contributed by atoms with E-state index in [1.165, 1.54) is 44.5 Å². The van der Waals surface area contributed by atoms with E-state index >= 15 is 0 Å². The fourth-order valence-corrected chi connectivity index (χ4v) is 4.00. The van der Waals surface area contributed by atoms with Crippen LogP contribution in [-0.4, -0.2) is 29.8 Å². The molecule has 0 radical (unpaired) electrons. The Morgan fingerprint density at radius 3 is 1.26 bits per heavy atom. The molecule has 0 saturated carbocycles. The summed E-state index contributed by atoms with van der Waals surface area (Å²) in [5.41, 5.74) is 11.0. The largest absolute Gasteiger partial charge is 0.179 e. The Morgan fingerprint density at radius 1 is 0.632 bits per heavy atom. The second kappa shape index (κ2) is 18.1. The van der Waals surface area contributed by atoms with Gasteiger partial charge < -0.3 is 25.1 Å². The standard InChI is InChI=1S/2C13H9.2C2H4O2.2CH3.H2Si.Ti/c2*1-3-7-12-10(5-1)9-11-6-2-4-8-13(11)12;2*1-2(3)4;;;;/h2*1-5,7-8H,9H2;2*1H3,(H,3,4);2*1H3;1H2;/q2*-1;;;2*-1;;. The zero-order valence-corrected chi connectivity index (χ0v) is 25.4. The van der Waals surface area contributed by atoms with Gasteiger partial charge in [-0.25, -0.2) is 0 Å². The number of rotatable bonds is 0. The van der Waals surface area contributed by atoms with Crippen LogP contribution in [0.5, 0.6) is 0 Å². The van der Waals surface area contributed by atoms with Gasteiger partial charge in [0.25, 0.3) is 11.9 Å². The molecule has 2 aliphatic rings. The van der Waals surface area contributed by atoms with Crippen molar-refractivity contribution in [3.8, 4) is 22.3 Å². The molecule has 0 atom stereocenters. The molecule has 0 fully saturated rings. The number of aliphatic carboxylic acids is 2. The van der Waals surface area contributed by atoms with Crippen LogP contribution < -0.4 is 0 Å². The summed E-state index contributed by atoms with van der Waals surface area (Å²) in [7, 11) is 1.86. The van der Waals surface area contributed by atoms with Gasteiger partial charge in [-0.3, -0.25) is 9.59 Å². The Hall–Kier alpha value is -3.25. The molecule has 0 bridgehead atoms. The summed E-state index contributed by atoms with van der Waals surface area (Å²) in [6.45, 7) is 2.17. The average molecular weight is 559 g/mol. The van der Waals surface area contributed by atoms with Gasteiger partial charge in [0.15, 0.2) is 0 Å². The second-order valence-corrected chi connectivity index (χ2v) is 7.83. The van der Waals surface area contributed by atoms with Crippen LogP contribution in [-0.2, 0) is 41.6 Å². The first kappa shape index (κ1) is 34.8. The summed E-state index contributed by atoms with van der Waals surface area (Å²) in [6, 6.07) is 36.2. The van der Waals surface area contributed by atoms with Gasteiger partial charge in [0.2, 0.25) is 0 Å². The zero-order chi connectivity index (χ0) is 26.5. The van der Waals surface area contributed by atoms with Crippen molar-refractivity contribution in [3.63, 3.8) is 0 Å². The third kappa shape index (κ3) is 10.3. The topological polar surface area (TPSA) is 74.6 Å². The molecular weight excluding hydrogens is 524 g/mol. The van der Waals surface area contributed by atoms with Crippen LogP contribution in [0, 0.1) is 27.0 Å². The first-order chi connectivity index (χ1) is 17.4. The van der Waals surface area contributed by atoms with Gasteiger partial charge in [0.05, 0.1) is 0 Å². The van der Waals surface area contributed by atoms with E-state index in [9.17, 15) is 0 Å². The monoisotopic (exact) mass is 558 g/mol. The number of hydrogen-bond donors (Lipinski definition) is 2. The Morgan fingerprint density at radius 2 is 0.921 bits per heavy atom. The first-order valence-corrected chi connectivity index (χ1v) is 15.3. The molecule has 0 heterocycles. The minimum Gasteiger partial charge on any atom is -0.179 e. The molecule has 198 valence electrons. The van der Waals surface area contributed by atoms with E-state index in [2.05, 4.69) is 84.9 Å². The van der Waals surface area contributed by atoms with Gasteiger partial charge >= 0.3 is 26.8 Å². The maximum atomic E-state index is 9.00. The maximum Gasteiger partial charge on any atom is -0.0253 e. The molecule has 38 heavy (non-hydrogen) atoms. The van der Waals surface area contributed by atoms with Gasteiger partial charge in [-0.1, -0.05) is 70.8 Å². The third-order valence-corrected chi connectivity index (χ3v) is 5.23. The molecule has 4 nitrogen and oxygen atoms in total. The van der Waals surface area contributed by atoms with E-state index in [1.54, 1.807) is 0 Å². The van der Waals surface area contributed by atoms with Crippen LogP contribution in [0.2, 0.25) is 0 Å². The molecule has 0 unspecified atom stereocenters. The van der Waals surface area contributed by atoms with E-state index in [4.69, 9.17) is 19.8 Å². The van der Waals surface area contributed by atoms with Crippen molar-refractivity contribution < 1.29 is 39.0 Å². The van der Waals surface area contributed by atoms with Gasteiger partial charge in [0, 0.05) is 13.8 Å².